The predicted octanol–water partition coefficient (Wildman–Crippen LogP) is 3.31. The largest absolute Gasteiger partial charge is 0.387 e. The summed E-state index contributed by atoms with van der Waals surface area (Å²) in [7, 11) is 0. The number of hydrogen-bond acceptors (Lipinski definition) is 2. The Bertz CT molecular complexity index is 403. The van der Waals surface area contributed by atoms with E-state index in [1.807, 2.05) is 0 Å². The van der Waals surface area contributed by atoms with E-state index in [-0.39, 0.29) is 0 Å². The molecule has 0 saturated heterocycles. The fourth-order valence-corrected chi connectivity index (χ4v) is 2.60. The highest BCUT2D eigenvalue weighted by molar-refractivity contribution is 5.20. The van der Waals surface area contributed by atoms with Crippen LogP contribution in [-0.4, -0.2) is 17.7 Å². The van der Waals surface area contributed by atoms with Crippen LogP contribution in [0.4, 0.5) is 8.78 Å². The molecule has 2 rings (SSSR count). The van der Waals surface area contributed by atoms with Gasteiger partial charge in [0.25, 0.3) is 0 Å². The Morgan fingerprint density at radius 2 is 1.79 bits per heavy atom. The van der Waals surface area contributed by atoms with Crippen LogP contribution >= 0.6 is 0 Å². The molecule has 0 bridgehead atoms. The molecule has 0 aliphatic heterocycles. The van der Waals surface area contributed by atoms with Crippen molar-refractivity contribution in [3.63, 3.8) is 0 Å². The summed E-state index contributed by atoms with van der Waals surface area (Å²) in [5.41, 5.74) is 0.417. The first-order valence-electron chi connectivity index (χ1n) is 7.03. The van der Waals surface area contributed by atoms with Crippen LogP contribution in [0, 0.1) is 11.6 Å². The van der Waals surface area contributed by atoms with E-state index >= 15 is 0 Å². The number of aliphatic hydroxyl groups excluding tert-OH is 1. The maximum absolute atomic E-state index is 13.1. The normalized spacial score (nSPS) is 19.1. The van der Waals surface area contributed by atoms with Crippen LogP contribution in [0.15, 0.2) is 18.2 Å². The SMILES string of the molecule is OC(CNC1CCCCCC1)c1ccc(F)c(F)c1. The van der Waals surface area contributed by atoms with Crippen molar-refractivity contribution in [1.82, 2.24) is 5.32 Å². The smallest absolute Gasteiger partial charge is 0.159 e. The Morgan fingerprint density at radius 1 is 1.11 bits per heavy atom. The fraction of sp³-hybridized carbons (Fsp3) is 0.600. The van der Waals surface area contributed by atoms with E-state index in [2.05, 4.69) is 5.32 Å². The van der Waals surface area contributed by atoms with E-state index < -0.39 is 17.7 Å². The summed E-state index contributed by atoms with van der Waals surface area (Å²) in [6.45, 7) is 0.385. The van der Waals surface area contributed by atoms with Crippen molar-refractivity contribution in [1.29, 1.82) is 0 Å². The van der Waals surface area contributed by atoms with E-state index in [0.717, 1.165) is 25.0 Å². The minimum atomic E-state index is -0.911. The Kier molecular flexibility index (Phi) is 5.28. The second-order valence-corrected chi connectivity index (χ2v) is 5.29. The zero-order chi connectivity index (χ0) is 13.7. The summed E-state index contributed by atoms with van der Waals surface area (Å²) < 4.78 is 25.9. The van der Waals surface area contributed by atoms with Crippen molar-refractivity contribution in [2.24, 2.45) is 0 Å². The Hall–Kier alpha value is -1.00. The van der Waals surface area contributed by atoms with Gasteiger partial charge in [0.15, 0.2) is 11.6 Å². The van der Waals surface area contributed by atoms with Crippen LogP contribution in [0.2, 0.25) is 0 Å². The summed E-state index contributed by atoms with van der Waals surface area (Å²) in [4.78, 5) is 0. The van der Waals surface area contributed by atoms with Crippen LogP contribution in [0.5, 0.6) is 0 Å². The molecule has 1 fully saturated rings. The lowest BCUT2D eigenvalue weighted by Crippen LogP contribution is -2.32. The van der Waals surface area contributed by atoms with Crippen LogP contribution in [0.1, 0.15) is 50.2 Å². The number of benzene rings is 1. The molecule has 0 aromatic heterocycles. The average Bonchev–Trinajstić information content (AvgIpc) is 2.67. The van der Waals surface area contributed by atoms with Gasteiger partial charge in [0, 0.05) is 12.6 Å². The van der Waals surface area contributed by atoms with Gasteiger partial charge in [0.2, 0.25) is 0 Å². The third-order valence-corrected chi connectivity index (χ3v) is 3.78. The van der Waals surface area contributed by atoms with Crippen molar-refractivity contribution in [2.45, 2.75) is 50.7 Å². The van der Waals surface area contributed by atoms with Gasteiger partial charge in [-0.05, 0) is 30.5 Å². The van der Waals surface area contributed by atoms with Crippen molar-refractivity contribution < 1.29 is 13.9 Å². The first-order valence-corrected chi connectivity index (χ1v) is 7.03. The second-order valence-electron chi connectivity index (χ2n) is 5.29. The van der Waals surface area contributed by atoms with Gasteiger partial charge in [-0.15, -0.1) is 0 Å². The quantitative estimate of drug-likeness (QED) is 0.822. The molecule has 0 radical (unpaired) electrons. The first-order chi connectivity index (χ1) is 9.16. The van der Waals surface area contributed by atoms with E-state index in [1.54, 1.807) is 0 Å². The van der Waals surface area contributed by atoms with Gasteiger partial charge in [-0.3, -0.25) is 0 Å². The molecule has 19 heavy (non-hydrogen) atoms. The average molecular weight is 269 g/mol. The molecule has 0 spiro atoms. The Morgan fingerprint density at radius 3 is 2.42 bits per heavy atom. The van der Waals surface area contributed by atoms with Gasteiger partial charge in [0.05, 0.1) is 6.10 Å². The highest BCUT2D eigenvalue weighted by Crippen LogP contribution is 2.19. The third kappa shape index (κ3) is 4.25. The molecule has 1 saturated carbocycles. The highest BCUT2D eigenvalue weighted by Gasteiger charge is 2.15. The lowest BCUT2D eigenvalue weighted by molar-refractivity contribution is 0.167. The summed E-state index contributed by atoms with van der Waals surface area (Å²) in [6, 6.07) is 3.98. The number of hydrogen-bond donors (Lipinski definition) is 2. The topological polar surface area (TPSA) is 32.3 Å². The lowest BCUT2D eigenvalue weighted by atomic mass is 10.1. The number of nitrogens with one attached hydrogen (secondary N) is 1. The van der Waals surface area contributed by atoms with E-state index in [4.69, 9.17) is 0 Å². The molecule has 2 N–H and O–H groups in total. The maximum Gasteiger partial charge on any atom is 0.159 e. The van der Waals surface area contributed by atoms with Crippen LogP contribution in [0.3, 0.4) is 0 Å². The molecule has 106 valence electrons. The molecule has 4 heteroatoms. The molecule has 1 atom stereocenters. The van der Waals surface area contributed by atoms with Crippen molar-refractivity contribution in [3.8, 4) is 0 Å². The van der Waals surface area contributed by atoms with E-state index in [0.29, 0.717) is 18.2 Å². The van der Waals surface area contributed by atoms with Crippen LogP contribution < -0.4 is 5.32 Å². The van der Waals surface area contributed by atoms with Crippen LogP contribution in [-0.2, 0) is 0 Å². The van der Waals surface area contributed by atoms with Gasteiger partial charge in [-0.1, -0.05) is 31.7 Å². The van der Waals surface area contributed by atoms with Crippen molar-refractivity contribution in [2.75, 3.05) is 6.54 Å². The number of rotatable bonds is 4. The van der Waals surface area contributed by atoms with Gasteiger partial charge < -0.3 is 10.4 Å². The molecule has 1 aliphatic carbocycles. The molecule has 1 unspecified atom stereocenters. The molecule has 1 aromatic rings. The molecule has 1 aromatic carbocycles. The minimum Gasteiger partial charge on any atom is -0.387 e. The van der Waals surface area contributed by atoms with Crippen molar-refractivity contribution in [3.05, 3.63) is 35.4 Å². The van der Waals surface area contributed by atoms with Gasteiger partial charge >= 0.3 is 0 Å². The Labute approximate surface area is 112 Å². The number of halogens is 2. The lowest BCUT2D eigenvalue weighted by Gasteiger charge is -2.19. The molecule has 0 amide bonds. The fourth-order valence-electron chi connectivity index (χ4n) is 2.60. The van der Waals surface area contributed by atoms with Crippen molar-refractivity contribution >= 4 is 0 Å². The molecular weight excluding hydrogens is 248 g/mol. The van der Waals surface area contributed by atoms with Gasteiger partial charge in [-0.25, -0.2) is 8.78 Å². The van der Waals surface area contributed by atoms with Gasteiger partial charge in [-0.2, -0.15) is 0 Å². The predicted molar refractivity (Wildman–Crippen MR) is 70.8 cm³/mol. The summed E-state index contributed by atoms with van der Waals surface area (Å²) in [5.74, 6) is -1.79. The van der Waals surface area contributed by atoms with E-state index in [1.165, 1.54) is 31.7 Å². The van der Waals surface area contributed by atoms with Gasteiger partial charge in [0.1, 0.15) is 0 Å². The maximum atomic E-state index is 13.1. The summed E-state index contributed by atoms with van der Waals surface area (Å²) >= 11 is 0. The minimum absolute atomic E-state index is 0.385. The summed E-state index contributed by atoms with van der Waals surface area (Å²) in [5, 5.41) is 13.3. The van der Waals surface area contributed by atoms with E-state index in [9.17, 15) is 13.9 Å². The molecule has 1 aliphatic rings. The number of aliphatic hydroxyl groups is 1. The zero-order valence-electron chi connectivity index (χ0n) is 11.0. The summed E-state index contributed by atoms with van der Waals surface area (Å²) in [6.07, 6.45) is 6.47. The molecule has 2 nitrogen and oxygen atoms in total. The monoisotopic (exact) mass is 269 g/mol. The van der Waals surface area contributed by atoms with Crippen LogP contribution in [0.25, 0.3) is 0 Å². The first kappa shape index (κ1) is 14.4. The molecular formula is C15H21F2NO. The Balaban J connectivity index is 1.85. The third-order valence-electron chi connectivity index (χ3n) is 3.78. The second kappa shape index (κ2) is 6.96. The molecule has 0 heterocycles. The zero-order valence-corrected chi connectivity index (χ0v) is 11.0. The highest BCUT2D eigenvalue weighted by atomic mass is 19.2. The standard InChI is InChI=1S/C15H21F2NO/c16-13-8-7-11(9-14(13)17)15(19)10-18-12-5-3-1-2-4-6-12/h7-9,12,15,18-19H,1-6,10H2.